The van der Waals surface area contributed by atoms with Crippen molar-refractivity contribution in [3.8, 4) is 11.4 Å². The molecule has 4 aromatic rings. The minimum Gasteiger partial charge on any atom is -0.349 e. The molecule has 2 heterocycles. The summed E-state index contributed by atoms with van der Waals surface area (Å²) in [4.78, 5) is 21.8. The molecule has 148 valence electrons. The Kier molecular flexibility index (Phi) is 4.90. The van der Waals surface area contributed by atoms with Crippen LogP contribution in [0.5, 0.6) is 0 Å². The third-order valence-corrected chi connectivity index (χ3v) is 4.45. The summed E-state index contributed by atoms with van der Waals surface area (Å²) in [6, 6.07) is 10.1. The number of tetrazole rings is 1. The number of imidazole rings is 1. The highest BCUT2D eigenvalue weighted by atomic mass is 19.1. The maximum Gasteiger partial charge on any atom is 0.224 e. The summed E-state index contributed by atoms with van der Waals surface area (Å²) in [6.45, 7) is 0. The van der Waals surface area contributed by atoms with Crippen molar-refractivity contribution in [1.29, 1.82) is 0 Å². The van der Waals surface area contributed by atoms with Crippen molar-refractivity contribution in [1.82, 2.24) is 30.6 Å². The number of hydrogen-bond acceptors (Lipinski definition) is 6. The highest BCUT2D eigenvalue weighted by Gasteiger charge is 2.11. The molecule has 0 aliphatic carbocycles. The summed E-state index contributed by atoms with van der Waals surface area (Å²) in [5, 5.41) is 16.3. The van der Waals surface area contributed by atoms with Crippen LogP contribution < -0.4 is 10.2 Å². The topological polar surface area (TPSA) is 115 Å². The Balaban J connectivity index is 1.39. The molecule has 10 heteroatoms. The number of carbonyl (C=O) groups is 1. The summed E-state index contributed by atoms with van der Waals surface area (Å²) in [5.41, 5.74) is 3.27. The third-order valence-electron chi connectivity index (χ3n) is 4.45. The molecule has 1 amide bonds. The van der Waals surface area contributed by atoms with Crippen LogP contribution in [0, 0.1) is 5.82 Å². The first-order valence-corrected chi connectivity index (χ1v) is 8.99. The summed E-state index contributed by atoms with van der Waals surface area (Å²) in [7, 11) is 3.79. The number of hydrogen-bond donors (Lipinski definition) is 3. The van der Waals surface area contributed by atoms with Crippen LogP contribution in [0.4, 0.5) is 16.0 Å². The van der Waals surface area contributed by atoms with Gasteiger partial charge in [-0.25, -0.2) is 9.37 Å². The molecule has 0 aliphatic rings. The first kappa shape index (κ1) is 18.5. The Bertz CT molecular complexity index is 1150. The van der Waals surface area contributed by atoms with Crippen LogP contribution in [-0.4, -0.2) is 50.6 Å². The van der Waals surface area contributed by atoms with E-state index in [4.69, 9.17) is 0 Å². The fourth-order valence-electron chi connectivity index (χ4n) is 2.93. The second-order valence-corrected chi connectivity index (χ2v) is 6.78. The summed E-state index contributed by atoms with van der Waals surface area (Å²) in [5.74, 6) is 0.455. The van der Waals surface area contributed by atoms with Crippen molar-refractivity contribution < 1.29 is 9.18 Å². The first-order valence-electron chi connectivity index (χ1n) is 8.99. The van der Waals surface area contributed by atoms with Crippen LogP contribution in [0.3, 0.4) is 0 Å². The van der Waals surface area contributed by atoms with Gasteiger partial charge in [0.1, 0.15) is 5.82 Å². The van der Waals surface area contributed by atoms with E-state index in [1.54, 1.807) is 18.2 Å². The molecule has 29 heavy (non-hydrogen) atoms. The van der Waals surface area contributed by atoms with Gasteiger partial charge in [-0.1, -0.05) is 12.1 Å². The van der Waals surface area contributed by atoms with E-state index in [9.17, 15) is 9.18 Å². The maximum atomic E-state index is 14.3. The van der Waals surface area contributed by atoms with E-state index in [0.717, 1.165) is 17.0 Å². The second-order valence-electron chi connectivity index (χ2n) is 6.78. The highest BCUT2D eigenvalue weighted by molar-refractivity contribution is 5.93. The van der Waals surface area contributed by atoms with Gasteiger partial charge in [0.05, 0.1) is 11.0 Å². The molecule has 0 radical (unpaired) electrons. The molecule has 0 fully saturated rings. The quantitative estimate of drug-likeness (QED) is 0.463. The number of fused-ring (bicyclic) bond motifs is 1. The number of aromatic nitrogens is 6. The number of carbonyl (C=O) groups excluding carboxylic acids is 1. The number of benzene rings is 2. The van der Waals surface area contributed by atoms with Gasteiger partial charge in [0.25, 0.3) is 0 Å². The summed E-state index contributed by atoms with van der Waals surface area (Å²) >= 11 is 0. The minimum atomic E-state index is -0.407. The van der Waals surface area contributed by atoms with E-state index in [1.807, 2.05) is 31.1 Å². The van der Waals surface area contributed by atoms with Gasteiger partial charge >= 0.3 is 0 Å². The normalized spacial score (nSPS) is 11.0. The lowest BCUT2D eigenvalue weighted by atomic mass is 10.1. The zero-order valence-corrected chi connectivity index (χ0v) is 15.9. The van der Waals surface area contributed by atoms with E-state index >= 15 is 0 Å². The van der Waals surface area contributed by atoms with Crippen LogP contribution in [0.15, 0.2) is 36.4 Å². The van der Waals surface area contributed by atoms with Crippen LogP contribution in [-0.2, 0) is 11.2 Å². The van der Waals surface area contributed by atoms with Crippen LogP contribution in [0.2, 0.25) is 0 Å². The van der Waals surface area contributed by atoms with E-state index in [2.05, 4.69) is 35.9 Å². The largest absolute Gasteiger partial charge is 0.349 e. The molecule has 3 N–H and O–H groups in total. The predicted molar refractivity (Wildman–Crippen MR) is 107 cm³/mol. The van der Waals surface area contributed by atoms with Gasteiger partial charge in [-0.05, 0) is 41.5 Å². The highest BCUT2D eigenvalue weighted by Crippen LogP contribution is 2.21. The third kappa shape index (κ3) is 4.05. The number of aromatic amines is 2. The van der Waals surface area contributed by atoms with Crippen molar-refractivity contribution >= 4 is 28.6 Å². The van der Waals surface area contributed by atoms with E-state index in [0.29, 0.717) is 22.6 Å². The molecule has 0 aliphatic heterocycles. The van der Waals surface area contributed by atoms with E-state index < -0.39 is 5.82 Å². The van der Waals surface area contributed by atoms with Gasteiger partial charge in [-0.2, -0.15) is 5.21 Å². The Hall–Kier alpha value is -3.82. The number of rotatable bonds is 6. The zero-order chi connectivity index (χ0) is 20.4. The molecule has 0 unspecified atom stereocenters. The number of nitrogens with zero attached hydrogens (tertiary/aromatic N) is 5. The lowest BCUT2D eigenvalue weighted by molar-refractivity contribution is -0.116. The molecular formula is C19H19FN8O. The van der Waals surface area contributed by atoms with Crippen LogP contribution >= 0.6 is 0 Å². The lowest BCUT2D eigenvalue weighted by Crippen LogP contribution is -2.12. The number of nitrogens with one attached hydrogen (secondary N) is 3. The number of amides is 1. The van der Waals surface area contributed by atoms with Crippen molar-refractivity contribution in [2.24, 2.45) is 0 Å². The van der Waals surface area contributed by atoms with Crippen LogP contribution in [0.25, 0.3) is 22.4 Å². The molecule has 0 saturated heterocycles. The van der Waals surface area contributed by atoms with Gasteiger partial charge in [-0.15, -0.1) is 10.2 Å². The average molecular weight is 394 g/mol. The van der Waals surface area contributed by atoms with Gasteiger partial charge in [0.15, 0.2) is 0 Å². The molecule has 0 bridgehead atoms. The number of H-pyrrole nitrogens is 2. The first-order chi connectivity index (χ1) is 14.0. The summed E-state index contributed by atoms with van der Waals surface area (Å²) in [6.07, 6.45) is 0.434. The monoisotopic (exact) mass is 394 g/mol. The Morgan fingerprint density at radius 3 is 2.79 bits per heavy atom. The van der Waals surface area contributed by atoms with Gasteiger partial charge < -0.3 is 15.2 Å². The number of halogens is 1. The Morgan fingerprint density at radius 2 is 2.07 bits per heavy atom. The molecule has 4 rings (SSSR count). The second kappa shape index (κ2) is 7.66. The molecule has 0 atom stereocenters. The maximum absolute atomic E-state index is 14.3. The summed E-state index contributed by atoms with van der Waals surface area (Å²) < 4.78 is 14.3. The van der Waals surface area contributed by atoms with Gasteiger partial charge in [0, 0.05) is 31.8 Å². The Labute approximate surface area is 165 Å². The van der Waals surface area contributed by atoms with Gasteiger partial charge in [-0.3, -0.25) is 4.79 Å². The van der Waals surface area contributed by atoms with Gasteiger partial charge in [0.2, 0.25) is 17.7 Å². The molecule has 0 spiro atoms. The fraction of sp³-hybridized carbons (Fsp3) is 0.211. The molecule has 2 aromatic heterocycles. The standard InChI is InChI=1S/C19H19FN8O/c1-28(2)19-22-15-7-6-13(10-16(15)23-19)21-17(29)8-5-11-3-4-12(9-14(11)20)18-24-26-27-25-18/h3-4,6-7,9-10H,5,8H2,1-2H3,(H,21,29)(H,22,23)(H,24,25,26,27). The average Bonchev–Trinajstić information content (AvgIpc) is 3.36. The van der Waals surface area contributed by atoms with Crippen molar-refractivity contribution in [2.75, 3.05) is 24.3 Å². The van der Waals surface area contributed by atoms with Crippen molar-refractivity contribution in [2.45, 2.75) is 12.8 Å². The molecule has 2 aromatic carbocycles. The minimum absolute atomic E-state index is 0.155. The SMILES string of the molecule is CN(C)c1nc2ccc(NC(=O)CCc3ccc(-c4nn[nH]n4)cc3F)cc2[nH]1. The molecular weight excluding hydrogens is 375 g/mol. The predicted octanol–water partition coefficient (Wildman–Crippen LogP) is 2.52. The zero-order valence-electron chi connectivity index (χ0n) is 15.9. The number of anilines is 2. The fourth-order valence-corrected chi connectivity index (χ4v) is 2.93. The molecule has 9 nitrogen and oxygen atoms in total. The molecule has 0 saturated carbocycles. The van der Waals surface area contributed by atoms with Crippen molar-refractivity contribution in [3.63, 3.8) is 0 Å². The van der Waals surface area contributed by atoms with E-state index in [1.165, 1.54) is 6.07 Å². The van der Waals surface area contributed by atoms with Crippen molar-refractivity contribution in [3.05, 3.63) is 47.8 Å². The van der Waals surface area contributed by atoms with E-state index in [-0.39, 0.29) is 18.7 Å². The van der Waals surface area contributed by atoms with Crippen LogP contribution in [0.1, 0.15) is 12.0 Å². The smallest absolute Gasteiger partial charge is 0.224 e. The Morgan fingerprint density at radius 1 is 1.21 bits per heavy atom. The lowest BCUT2D eigenvalue weighted by Gasteiger charge is -2.07. The number of aryl methyl sites for hydroxylation is 1.